The molecule has 0 radical (unpaired) electrons. The Bertz CT molecular complexity index is 1070. The normalized spacial score (nSPS) is 16.5. The van der Waals surface area contributed by atoms with Crippen LogP contribution in [0.3, 0.4) is 0 Å². The quantitative estimate of drug-likeness (QED) is 0.414. The smallest absolute Gasteiger partial charge is 0.338 e. The van der Waals surface area contributed by atoms with Gasteiger partial charge in [-0.1, -0.05) is 37.5 Å². The summed E-state index contributed by atoms with van der Waals surface area (Å²) in [6.07, 6.45) is -0.140. The molecule has 0 bridgehead atoms. The first-order valence-electron chi connectivity index (χ1n) is 10.1. The van der Waals surface area contributed by atoms with E-state index >= 15 is 0 Å². The predicted molar refractivity (Wildman–Crippen MR) is 107 cm³/mol. The second-order valence-electron chi connectivity index (χ2n) is 7.83. The zero-order chi connectivity index (χ0) is 22.2. The second-order valence-corrected chi connectivity index (χ2v) is 7.83. The summed E-state index contributed by atoms with van der Waals surface area (Å²) in [6, 6.07) is 6.09. The van der Waals surface area contributed by atoms with Gasteiger partial charge in [-0.2, -0.15) is 26.3 Å². The van der Waals surface area contributed by atoms with Crippen LogP contribution in [0, 0.1) is 5.92 Å². The molecule has 2 nitrogen and oxygen atoms in total. The molecular formula is C23H20F6N2. The van der Waals surface area contributed by atoms with Crippen molar-refractivity contribution in [1.29, 1.82) is 0 Å². The van der Waals surface area contributed by atoms with Crippen molar-refractivity contribution in [2.45, 2.75) is 44.5 Å². The van der Waals surface area contributed by atoms with Gasteiger partial charge in [-0.05, 0) is 54.7 Å². The molecule has 0 saturated heterocycles. The topological polar surface area (TPSA) is 28.7 Å². The highest BCUT2D eigenvalue weighted by atomic mass is 19.4. The van der Waals surface area contributed by atoms with Crippen molar-refractivity contribution in [3.05, 3.63) is 59.4 Å². The number of hydrogen-bond donors (Lipinski definition) is 1. The number of nitrogens with one attached hydrogen (secondary N) is 1. The van der Waals surface area contributed by atoms with Crippen LogP contribution < -0.4 is 0 Å². The largest absolute Gasteiger partial charge is 0.417 e. The highest BCUT2D eigenvalue weighted by molar-refractivity contribution is 5.85. The first-order valence-corrected chi connectivity index (χ1v) is 10.1. The molecule has 2 aromatic carbocycles. The number of H-pyrrole nitrogens is 1. The van der Waals surface area contributed by atoms with Crippen LogP contribution in [0.2, 0.25) is 0 Å². The molecule has 8 heteroatoms. The Hall–Kier alpha value is -2.77. The summed E-state index contributed by atoms with van der Waals surface area (Å²) in [5.41, 5.74) is -2.83. The van der Waals surface area contributed by atoms with Crippen LogP contribution in [0.25, 0.3) is 28.2 Å². The van der Waals surface area contributed by atoms with E-state index in [0.29, 0.717) is 34.9 Å². The lowest BCUT2D eigenvalue weighted by molar-refractivity contribution is -0.142. The number of fused-ring (bicyclic) bond motifs is 1. The van der Waals surface area contributed by atoms with Crippen molar-refractivity contribution < 1.29 is 26.3 Å². The second kappa shape index (κ2) is 8.05. The Balaban J connectivity index is 1.76. The molecule has 1 N–H and O–H groups in total. The first kappa shape index (κ1) is 21.5. The van der Waals surface area contributed by atoms with E-state index in [1.807, 2.05) is 6.08 Å². The number of imidazole rings is 1. The Morgan fingerprint density at radius 2 is 1.52 bits per heavy atom. The third-order valence-electron chi connectivity index (χ3n) is 5.64. The summed E-state index contributed by atoms with van der Waals surface area (Å²) in [5.74, 6) is 0.989. The van der Waals surface area contributed by atoms with Crippen LogP contribution in [0.4, 0.5) is 26.3 Å². The van der Waals surface area contributed by atoms with E-state index in [-0.39, 0.29) is 5.56 Å². The lowest BCUT2D eigenvalue weighted by Gasteiger charge is -2.19. The van der Waals surface area contributed by atoms with Crippen LogP contribution in [0.15, 0.2) is 42.5 Å². The summed E-state index contributed by atoms with van der Waals surface area (Å²) in [5, 5.41) is 0. The minimum atomic E-state index is -4.92. The highest BCUT2D eigenvalue weighted by Crippen LogP contribution is 2.44. The number of hydrogen-bond acceptors (Lipinski definition) is 1. The average molecular weight is 438 g/mol. The number of alkyl halides is 6. The lowest BCUT2D eigenvalue weighted by Crippen LogP contribution is -2.14. The van der Waals surface area contributed by atoms with E-state index in [0.717, 1.165) is 18.9 Å². The van der Waals surface area contributed by atoms with Gasteiger partial charge in [0.05, 0.1) is 22.2 Å². The molecule has 1 saturated carbocycles. The number of halogens is 6. The molecule has 1 aliphatic rings. The maximum Gasteiger partial charge on any atom is 0.417 e. The Morgan fingerprint density at radius 1 is 0.871 bits per heavy atom. The summed E-state index contributed by atoms with van der Waals surface area (Å²) in [7, 11) is 0. The molecule has 164 valence electrons. The minimum absolute atomic E-state index is 0.167. The number of aromatic amines is 1. The molecule has 1 heterocycles. The van der Waals surface area contributed by atoms with Crippen molar-refractivity contribution in [3.8, 4) is 11.1 Å². The van der Waals surface area contributed by atoms with Gasteiger partial charge < -0.3 is 4.98 Å². The van der Waals surface area contributed by atoms with E-state index in [4.69, 9.17) is 0 Å². The fourth-order valence-electron chi connectivity index (χ4n) is 4.15. The number of aromatic nitrogens is 2. The van der Waals surface area contributed by atoms with Gasteiger partial charge in [0.15, 0.2) is 0 Å². The van der Waals surface area contributed by atoms with Gasteiger partial charge in [-0.15, -0.1) is 0 Å². The molecule has 0 spiro atoms. The molecule has 0 amide bonds. The van der Waals surface area contributed by atoms with Crippen molar-refractivity contribution in [1.82, 2.24) is 9.97 Å². The fraction of sp³-hybridized carbons (Fsp3) is 0.348. The average Bonchev–Trinajstić information content (AvgIpc) is 3.13. The number of nitrogens with zero attached hydrogens (tertiary/aromatic N) is 1. The molecule has 0 atom stereocenters. The first-order chi connectivity index (χ1) is 14.6. The van der Waals surface area contributed by atoms with Gasteiger partial charge in [0.2, 0.25) is 0 Å². The molecule has 0 unspecified atom stereocenters. The van der Waals surface area contributed by atoms with Crippen LogP contribution in [0.5, 0.6) is 0 Å². The summed E-state index contributed by atoms with van der Waals surface area (Å²) in [6.45, 7) is 0. The fourth-order valence-corrected chi connectivity index (χ4v) is 4.15. The maximum atomic E-state index is 13.5. The van der Waals surface area contributed by atoms with Gasteiger partial charge >= 0.3 is 12.4 Å². The van der Waals surface area contributed by atoms with Crippen molar-refractivity contribution >= 4 is 17.1 Å². The zero-order valence-corrected chi connectivity index (χ0v) is 16.4. The third-order valence-corrected chi connectivity index (χ3v) is 5.64. The Labute approximate surface area is 175 Å². The van der Waals surface area contributed by atoms with Gasteiger partial charge in [-0.25, -0.2) is 4.98 Å². The molecular weight excluding hydrogens is 418 g/mol. The molecule has 3 aromatic rings. The predicted octanol–water partition coefficient (Wildman–Crippen LogP) is 7.86. The number of allylic oxidation sites excluding steroid dienone is 1. The van der Waals surface area contributed by atoms with E-state index < -0.39 is 29.0 Å². The van der Waals surface area contributed by atoms with E-state index in [9.17, 15) is 26.3 Å². The van der Waals surface area contributed by atoms with E-state index in [1.54, 1.807) is 0 Å². The minimum Gasteiger partial charge on any atom is -0.338 e. The molecule has 1 aliphatic carbocycles. The maximum absolute atomic E-state index is 13.5. The van der Waals surface area contributed by atoms with Gasteiger partial charge in [0, 0.05) is 5.56 Å². The van der Waals surface area contributed by atoms with Gasteiger partial charge in [-0.3, -0.25) is 0 Å². The Kier molecular flexibility index (Phi) is 5.58. The summed E-state index contributed by atoms with van der Waals surface area (Å²) in [4.78, 5) is 7.39. The lowest BCUT2D eigenvalue weighted by atomic mass is 9.89. The van der Waals surface area contributed by atoms with Gasteiger partial charge in [0.25, 0.3) is 0 Å². The third kappa shape index (κ3) is 4.62. The van der Waals surface area contributed by atoms with Crippen molar-refractivity contribution in [2.24, 2.45) is 5.92 Å². The molecule has 1 fully saturated rings. The van der Waals surface area contributed by atoms with E-state index in [1.165, 1.54) is 37.5 Å². The van der Waals surface area contributed by atoms with E-state index in [2.05, 4.69) is 16.0 Å². The molecule has 0 aliphatic heterocycles. The zero-order valence-electron chi connectivity index (χ0n) is 16.4. The van der Waals surface area contributed by atoms with Crippen LogP contribution in [0.1, 0.15) is 49.1 Å². The number of rotatable bonds is 3. The molecule has 4 rings (SSSR count). The summed E-state index contributed by atoms with van der Waals surface area (Å²) < 4.78 is 81.0. The highest BCUT2D eigenvalue weighted by Gasteiger charge is 2.41. The Morgan fingerprint density at radius 3 is 2.13 bits per heavy atom. The standard InChI is InChI=1S/C23H20F6N2/c24-22(25,26)16-7-4-8-17(23(27,28)29)21(16)15-10-11-18-19(13-15)31-20(30-18)12-9-14-5-2-1-3-6-14/h4,7-14H,1-3,5-6H2,(H,30,31)/b12-9+. The van der Waals surface area contributed by atoms with Crippen molar-refractivity contribution in [3.63, 3.8) is 0 Å². The SMILES string of the molecule is FC(F)(F)c1cccc(C(F)(F)F)c1-c1ccc2nc(/C=C/C3CCCCC3)[nH]c2c1. The van der Waals surface area contributed by atoms with Gasteiger partial charge in [0.1, 0.15) is 5.82 Å². The number of benzene rings is 2. The van der Waals surface area contributed by atoms with Crippen LogP contribution in [-0.4, -0.2) is 9.97 Å². The molecule has 1 aromatic heterocycles. The summed E-state index contributed by atoms with van der Waals surface area (Å²) >= 11 is 0. The van der Waals surface area contributed by atoms with Crippen molar-refractivity contribution in [2.75, 3.05) is 0 Å². The molecule has 31 heavy (non-hydrogen) atoms. The van der Waals surface area contributed by atoms with Crippen LogP contribution in [-0.2, 0) is 12.4 Å². The monoisotopic (exact) mass is 438 g/mol. The van der Waals surface area contributed by atoms with Crippen LogP contribution >= 0.6 is 0 Å².